The molecule has 2 N–H and O–H groups in total. The van der Waals surface area contributed by atoms with Gasteiger partial charge in [-0.25, -0.2) is 0 Å². The highest BCUT2D eigenvalue weighted by Gasteiger charge is 2.09. The van der Waals surface area contributed by atoms with E-state index in [1.165, 1.54) is 12.8 Å². The third kappa shape index (κ3) is 2.38. The normalized spacial score (nSPS) is 25.1. The van der Waals surface area contributed by atoms with Gasteiger partial charge in [-0.15, -0.1) is 0 Å². The van der Waals surface area contributed by atoms with Gasteiger partial charge in [-0.3, -0.25) is 0 Å². The molecule has 1 fully saturated rings. The predicted molar refractivity (Wildman–Crippen MR) is 40.4 cm³/mol. The maximum Gasteiger partial charge on any atom is 0.118 e. The van der Waals surface area contributed by atoms with Crippen molar-refractivity contribution in [1.29, 1.82) is 0 Å². The van der Waals surface area contributed by atoms with Crippen LogP contribution in [0.1, 0.15) is 19.3 Å². The molecule has 0 spiro atoms. The van der Waals surface area contributed by atoms with Gasteiger partial charge in [0.2, 0.25) is 0 Å². The van der Waals surface area contributed by atoms with Crippen LogP contribution in [0.15, 0.2) is 0 Å². The molecule has 56 valence electrons. The second kappa shape index (κ2) is 4.32. The van der Waals surface area contributed by atoms with E-state index in [-0.39, 0.29) is 6.10 Å². The Kier molecular flexibility index (Phi) is 3.28. The van der Waals surface area contributed by atoms with Crippen molar-refractivity contribution in [3.63, 3.8) is 0 Å². The molecule has 0 aliphatic carbocycles. The Labute approximate surface area is 61.7 Å². The number of ether oxygens (including phenoxy) is 1. The summed E-state index contributed by atoms with van der Waals surface area (Å²) in [6.45, 7) is 1.31. The number of hydrogen-bond donors (Lipinski definition) is 1. The van der Waals surface area contributed by atoms with E-state index < -0.39 is 0 Å². The Hall–Kier alpha value is -0.520. The minimum Gasteiger partial charge on any atom is -0.366 e. The third-order valence-corrected chi connectivity index (χ3v) is 1.54. The summed E-state index contributed by atoms with van der Waals surface area (Å²) < 4.78 is 5.35. The SMILES string of the molecule is NCC#CC1CCCCO1. The average Bonchev–Trinajstić information content (AvgIpc) is 2.03. The van der Waals surface area contributed by atoms with E-state index in [0.29, 0.717) is 6.54 Å². The molecule has 0 aromatic carbocycles. The van der Waals surface area contributed by atoms with E-state index >= 15 is 0 Å². The van der Waals surface area contributed by atoms with Crippen LogP contribution in [0.5, 0.6) is 0 Å². The molecule has 1 saturated heterocycles. The Morgan fingerprint density at radius 2 is 2.40 bits per heavy atom. The summed E-state index contributed by atoms with van der Waals surface area (Å²) >= 11 is 0. The number of nitrogens with two attached hydrogens (primary N) is 1. The summed E-state index contributed by atoms with van der Waals surface area (Å²) in [6, 6.07) is 0. The lowest BCUT2D eigenvalue weighted by Crippen LogP contribution is -2.17. The Bertz CT molecular complexity index is 139. The van der Waals surface area contributed by atoms with Gasteiger partial charge in [0.05, 0.1) is 6.54 Å². The van der Waals surface area contributed by atoms with Crippen molar-refractivity contribution in [2.75, 3.05) is 13.2 Å². The van der Waals surface area contributed by atoms with Crippen LogP contribution in [0.4, 0.5) is 0 Å². The van der Waals surface area contributed by atoms with Gasteiger partial charge in [0.15, 0.2) is 0 Å². The van der Waals surface area contributed by atoms with Crippen molar-refractivity contribution in [1.82, 2.24) is 0 Å². The smallest absolute Gasteiger partial charge is 0.118 e. The highest BCUT2D eigenvalue weighted by atomic mass is 16.5. The van der Waals surface area contributed by atoms with Crippen molar-refractivity contribution in [2.45, 2.75) is 25.4 Å². The van der Waals surface area contributed by atoms with Gasteiger partial charge >= 0.3 is 0 Å². The van der Waals surface area contributed by atoms with Gasteiger partial charge < -0.3 is 10.5 Å². The summed E-state index contributed by atoms with van der Waals surface area (Å²) in [6.07, 6.45) is 3.66. The zero-order chi connectivity index (χ0) is 7.23. The molecular weight excluding hydrogens is 126 g/mol. The second-order valence-corrected chi connectivity index (χ2v) is 2.38. The van der Waals surface area contributed by atoms with E-state index in [0.717, 1.165) is 13.0 Å². The summed E-state index contributed by atoms with van der Waals surface area (Å²) in [5.41, 5.74) is 5.22. The molecule has 2 heteroatoms. The van der Waals surface area contributed by atoms with E-state index in [4.69, 9.17) is 10.5 Å². The van der Waals surface area contributed by atoms with Gasteiger partial charge in [0.25, 0.3) is 0 Å². The molecule has 10 heavy (non-hydrogen) atoms. The molecular formula is C8H13NO. The lowest BCUT2D eigenvalue weighted by atomic mass is 10.1. The fourth-order valence-corrected chi connectivity index (χ4v) is 1.03. The third-order valence-electron chi connectivity index (χ3n) is 1.54. The Balaban J connectivity index is 2.25. The van der Waals surface area contributed by atoms with Crippen LogP contribution in [0.3, 0.4) is 0 Å². The van der Waals surface area contributed by atoms with Crippen molar-refractivity contribution in [2.24, 2.45) is 5.73 Å². The summed E-state index contributed by atoms with van der Waals surface area (Å²) in [5.74, 6) is 5.79. The lowest BCUT2D eigenvalue weighted by Gasteiger charge is -2.16. The molecule has 0 saturated carbocycles. The molecule has 1 atom stereocenters. The van der Waals surface area contributed by atoms with Crippen LogP contribution in [0, 0.1) is 11.8 Å². The maximum atomic E-state index is 5.35. The first kappa shape index (κ1) is 7.59. The first-order valence-electron chi connectivity index (χ1n) is 3.73. The second-order valence-electron chi connectivity index (χ2n) is 2.38. The monoisotopic (exact) mass is 139 g/mol. The zero-order valence-electron chi connectivity index (χ0n) is 6.10. The first-order chi connectivity index (χ1) is 4.93. The van der Waals surface area contributed by atoms with Gasteiger partial charge in [-0.05, 0) is 19.3 Å². The van der Waals surface area contributed by atoms with Gasteiger partial charge in [0, 0.05) is 6.61 Å². The molecule has 0 bridgehead atoms. The van der Waals surface area contributed by atoms with Crippen LogP contribution in [0.25, 0.3) is 0 Å². The van der Waals surface area contributed by atoms with Crippen LogP contribution >= 0.6 is 0 Å². The fraction of sp³-hybridized carbons (Fsp3) is 0.750. The van der Waals surface area contributed by atoms with Crippen molar-refractivity contribution in [3.05, 3.63) is 0 Å². The molecule has 0 aromatic heterocycles. The minimum absolute atomic E-state index is 0.164. The molecule has 1 aliphatic rings. The summed E-state index contributed by atoms with van der Waals surface area (Å²) in [5, 5.41) is 0. The molecule has 1 unspecified atom stereocenters. The topological polar surface area (TPSA) is 35.2 Å². The Morgan fingerprint density at radius 3 is 3.00 bits per heavy atom. The lowest BCUT2D eigenvalue weighted by molar-refractivity contribution is 0.0525. The van der Waals surface area contributed by atoms with Crippen LogP contribution < -0.4 is 5.73 Å². The van der Waals surface area contributed by atoms with Crippen LogP contribution in [0.2, 0.25) is 0 Å². The molecule has 1 aliphatic heterocycles. The predicted octanol–water partition coefficient (Wildman–Crippen LogP) is 0.518. The maximum absolute atomic E-state index is 5.35. The molecule has 1 rings (SSSR count). The van der Waals surface area contributed by atoms with E-state index in [9.17, 15) is 0 Å². The van der Waals surface area contributed by atoms with Crippen molar-refractivity contribution >= 4 is 0 Å². The van der Waals surface area contributed by atoms with Crippen molar-refractivity contribution < 1.29 is 4.74 Å². The number of rotatable bonds is 0. The van der Waals surface area contributed by atoms with Crippen LogP contribution in [-0.2, 0) is 4.74 Å². The quantitative estimate of drug-likeness (QED) is 0.496. The van der Waals surface area contributed by atoms with E-state index in [1.54, 1.807) is 0 Å². The first-order valence-corrected chi connectivity index (χ1v) is 3.73. The van der Waals surface area contributed by atoms with Gasteiger partial charge in [0.1, 0.15) is 6.10 Å². The van der Waals surface area contributed by atoms with E-state index in [1.807, 2.05) is 0 Å². The van der Waals surface area contributed by atoms with Gasteiger partial charge in [-0.2, -0.15) is 0 Å². The zero-order valence-corrected chi connectivity index (χ0v) is 6.10. The standard InChI is InChI=1S/C8H13NO/c9-6-3-5-8-4-1-2-7-10-8/h8H,1-2,4,6-7,9H2. The van der Waals surface area contributed by atoms with E-state index in [2.05, 4.69) is 11.8 Å². The molecule has 0 radical (unpaired) electrons. The molecule has 0 aromatic rings. The van der Waals surface area contributed by atoms with Crippen LogP contribution in [-0.4, -0.2) is 19.3 Å². The van der Waals surface area contributed by atoms with Crippen molar-refractivity contribution in [3.8, 4) is 11.8 Å². The van der Waals surface area contributed by atoms with Gasteiger partial charge in [-0.1, -0.05) is 11.8 Å². The fourth-order valence-electron chi connectivity index (χ4n) is 1.03. The number of hydrogen-bond acceptors (Lipinski definition) is 2. The summed E-state index contributed by atoms with van der Waals surface area (Å²) in [4.78, 5) is 0. The molecule has 1 heterocycles. The largest absolute Gasteiger partial charge is 0.366 e. The average molecular weight is 139 g/mol. The molecule has 2 nitrogen and oxygen atoms in total. The highest BCUT2D eigenvalue weighted by Crippen LogP contribution is 2.10. The minimum atomic E-state index is 0.164. The molecule has 0 amide bonds. The summed E-state index contributed by atoms with van der Waals surface area (Å²) in [7, 11) is 0. The Morgan fingerprint density at radius 1 is 1.50 bits per heavy atom. The highest BCUT2D eigenvalue weighted by molar-refractivity contribution is 5.06.